The molecule has 1 nitrogen and oxygen atoms in total. The molecule has 22 heavy (non-hydrogen) atoms. The lowest BCUT2D eigenvalue weighted by atomic mass is 10.1. The van der Waals surface area contributed by atoms with Crippen LogP contribution in [0.1, 0.15) is 0 Å². The summed E-state index contributed by atoms with van der Waals surface area (Å²) in [6.45, 7) is 0. The van der Waals surface area contributed by atoms with E-state index in [0.717, 1.165) is 11.4 Å². The number of anilines is 2. The first-order chi connectivity index (χ1) is 10.8. The molecule has 4 rings (SSSR count). The van der Waals surface area contributed by atoms with Gasteiger partial charge in [0.05, 0.1) is 0 Å². The lowest BCUT2D eigenvalue weighted by Gasteiger charge is -2.22. The Bertz CT molecular complexity index is 866. The Hall–Kier alpha value is -2.80. The molecule has 0 spiro atoms. The van der Waals surface area contributed by atoms with E-state index >= 15 is 0 Å². The van der Waals surface area contributed by atoms with Gasteiger partial charge in [-0.2, -0.15) is 0 Å². The standard InChI is InChI=1S/C21H16N/c1-22(20-14-6-10-16-8-2-4-12-18(16)20)21-15-7-11-17-9-3-5-13-19(17)21/h2-15H,1H2. The molecule has 0 N–H and O–H groups in total. The highest BCUT2D eigenvalue weighted by Crippen LogP contribution is 2.35. The molecule has 0 aliphatic rings. The van der Waals surface area contributed by atoms with Crippen LogP contribution in [0.4, 0.5) is 11.4 Å². The first-order valence-corrected chi connectivity index (χ1v) is 7.41. The summed E-state index contributed by atoms with van der Waals surface area (Å²) in [5.74, 6) is 0. The van der Waals surface area contributed by atoms with E-state index in [0.29, 0.717) is 0 Å². The Morgan fingerprint density at radius 1 is 0.500 bits per heavy atom. The lowest BCUT2D eigenvalue weighted by Crippen LogP contribution is -2.07. The van der Waals surface area contributed by atoms with E-state index < -0.39 is 0 Å². The molecule has 0 amide bonds. The molecular formula is C21H16N. The monoisotopic (exact) mass is 282 g/mol. The second kappa shape index (κ2) is 5.19. The SMILES string of the molecule is [CH2]N(c1cccc2ccccc12)c1cccc2ccccc12. The zero-order chi connectivity index (χ0) is 14.9. The van der Waals surface area contributed by atoms with E-state index in [1.807, 2.05) is 4.90 Å². The Labute approximate surface area is 130 Å². The quantitative estimate of drug-likeness (QED) is 0.441. The fourth-order valence-corrected chi connectivity index (χ4v) is 3.02. The Morgan fingerprint density at radius 2 is 0.909 bits per heavy atom. The minimum absolute atomic E-state index is 1.12. The van der Waals surface area contributed by atoms with Gasteiger partial charge in [0, 0.05) is 29.2 Å². The maximum absolute atomic E-state index is 4.31. The normalized spacial score (nSPS) is 11.0. The van der Waals surface area contributed by atoms with Crippen molar-refractivity contribution in [1.82, 2.24) is 0 Å². The van der Waals surface area contributed by atoms with E-state index in [1.54, 1.807) is 0 Å². The van der Waals surface area contributed by atoms with E-state index in [2.05, 4.69) is 92.0 Å². The van der Waals surface area contributed by atoms with Crippen LogP contribution in [0.5, 0.6) is 0 Å². The molecule has 0 aliphatic carbocycles. The van der Waals surface area contributed by atoms with Crippen LogP contribution in [0.25, 0.3) is 21.5 Å². The number of rotatable bonds is 2. The van der Waals surface area contributed by atoms with Crippen LogP contribution in [-0.2, 0) is 0 Å². The Balaban J connectivity index is 1.94. The van der Waals surface area contributed by atoms with Crippen molar-refractivity contribution in [1.29, 1.82) is 0 Å². The van der Waals surface area contributed by atoms with Gasteiger partial charge in [0.25, 0.3) is 0 Å². The summed E-state index contributed by atoms with van der Waals surface area (Å²) in [5.41, 5.74) is 2.24. The number of hydrogen-bond acceptors (Lipinski definition) is 1. The summed E-state index contributed by atoms with van der Waals surface area (Å²) < 4.78 is 0. The maximum atomic E-state index is 4.31. The summed E-state index contributed by atoms with van der Waals surface area (Å²) >= 11 is 0. The molecule has 0 saturated heterocycles. The number of benzene rings is 4. The largest absolute Gasteiger partial charge is 0.339 e. The molecule has 4 aromatic rings. The van der Waals surface area contributed by atoms with Gasteiger partial charge >= 0.3 is 0 Å². The van der Waals surface area contributed by atoms with Crippen molar-refractivity contribution in [3.05, 3.63) is 92.0 Å². The first-order valence-electron chi connectivity index (χ1n) is 7.41. The van der Waals surface area contributed by atoms with Crippen LogP contribution in [-0.4, -0.2) is 0 Å². The van der Waals surface area contributed by atoms with Gasteiger partial charge in [-0.05, 0) is 22.9 Å². The molecule has 0 aliphatic heterocycles. The van der Waals surface area contributed by atoms with Gasteiger partial charge in [0.15, 0.2) is 0 Å². The van der Waals surface area contributed by atoms with Crippen LogP contribution in [0, 0.1) is 7.05 Å². The van der Waals surface area contributed by atoms with Gasteiger partial charge in [-0.25, -0.2) is 0 Å². The highest BCUT2D eigenvalue weighted by molar-refractivity contribution is 6.01. The fraction of sp³-hybridized carbons (Fsp3) is 0. The van der Waals surface area contributed by atoms with Crippen LogP contribution in [0.3, 0.4) is 0 Å². The summed E-state index contributed by atoms with van der Waals surface area (Å²) in [5, 5.41) is 4.89. The number of fused-ring (bicyclic) bond motifs is 2. The van der Waals surface area contributed by atoms with Crippen molar-refractivity contribution in [2.24, 2.45) is 0 Å². The third kappa shape index (κ3) is 2.03. The van der Waals surface area contributed by atoms with Crippen molar-refractivity contribution < 1.29 is 0 Å². The average molecular weight is 282 g/mol. The molecule has 0 heterocycles. The summed E-state index contributed by atoms with van der Waals surface area (Å²) in [7, 11) is 4.31. The third-order valence-electron chi connectivity index (χ3n) is 4.11. The summed E-state index contributed by atoms with van der Waals surface area (Å²) in [6, 6.07) is 29.5. The smallest absolute Gasteiger partial charge is 0.0491 e. The van der Waals surface area contributed by atoms with E-state index in [4.69, 9.17) is 0 Å². The third-order valence-corrected chi connectivity index (χ3v) is 4.11. The van der Waals surface area contributed by atoms with Crippen LogP contribution in [0.15, 0.2) is 84.9 Å². The summed E-state index contributed by atoms with van der Waals surface area (Å²) in [4.78, 5) is 2.03. The number of hydrogen-bond donors (Lipinski definition) is 0. The van der Waals surface area contributed by atoms with Crippen molar-refractivity contribution in [2.75, 3.05) is 4.90 Å². The highest BCUT2D eigenvalue weighted by atomic mass is 15.1. The summed E-state index contributed by atoms with van der Waals surface area (Å²) in [6.07, 6.45) is 0. The molecular weight excluding hydrogens is 266 g/mol. The molecule has 0 bridgehead atoms. The lowest BCUT2D eigenvalue weighted by molar-refractivity contribution is 1.32. The van der Waals surface area contributed by atoms with Crippen molar-refractivity contribution in [3.63, 3.8) is 0 Å². The average Bonchev–Trinajstić information content (AvgIpc) is 2.60. The van der Waals surface area contributed by atoms with Gasteiger partial charge in [-0.1, -0.05) is 72.8 Å². The molecule has 0 aromatic heterocycles. The van der Waals surface area contributed by atoms with Crippen LogP contribution >= 0.6 is 0 Å². The van der Waals surface area contributed by atoms with Crippen molar-refractivity contribution in [3.8, 4) is 0 Å². The fourth-order valence-electron chi connectivity index (χ4n) is 3.02. The van der Waals surface area contributed by atoms with E-state index in [1.165, 1.54) is 21.5 Å². The first kappa shape index (κ1) is 12.9. The zero-order valence-electron chi connectivity index (χ0n) is 12.2. The van der Waals surface area contributed by atoms with Gasteiger partial charge in [0.2, 0.25) is 0 Å². The topological polar surface area (TPSA) is 3.24 Å². The van der Waals surface area contributed by atoms with Gasteiger partial charge in [-0.3, -0.25) is 0 Å². The molecule has 0 fully saturated rings. The van der Waals surface area contributed by atoms with E-state index in [9.17, 15) is 0 Å². The second-order valence-electron chi connectivity index (χ2n) is 5.42. The molecule has 105 valence electrons. The highest BCUT2D eigenvalue weighted by Gasteiger charge is 2.10. The Kier molecular flexibility index (Phi) is 3.05. The second-order valence-corrected chi connectivity index (χ2v) is 5.42. The van der Waals surface area contributed by atoms with Gasteiger partial charge < -0.3 is 4.90 Å². The van der Waals surface area contributed by atoms with Crippen LogP contribution in [0.2, 0.25) is 0 Å². The van der Waals surface area contributed by atoms with E-state index in [-0.39, 0.29) is 0 Å². The van der Waals surface area contributed by atoms with Crippen LogP contribution < -0.4 is 4.90 Å². The van der Waals surface area contributed by atoms with Gasteiger partial charge in [0.1, 0.15) is 0 Å². The predicted molar refractivity (Wildman–Crippen MR) is 95.4 cm³/mol. The van der Waals surface area contributed by atoms with Crippen molar-refractivity contribution >= 4 is 32.9 Å². The molecule has 0 atom stereocenters. The minimum Gasteiger partial charge on any atom is -0.339 e. The molecule has 0 unspecified atom stereocenters. The molecule has 4 aromatic carbocycles. The minimum atomic E-state index is 1.12. The Morgan fingerprint density at radius 3 is 1.41 bits per heavy atom. The molecule has 0 saturated carbocycles. The maximum Gasteiger partial charge on any atom is 0.0491 e. The van der Waals surface area contributed by atoms with Crippen molar-refractivity contribution in [2.45, 2.75) is 0 Å². The predicted octanol–water partition coefficient (Wildman–Crippen LogP) is 5.92. The zero-order valence-corrected chi connectivity index (χ0v) is 12.2. The number of nitrogens with zero attached hydrogens (tertiary/aromatic N) is 1. The van der Waals surface area contributed by atoms with Gasteiger partial charge in [-0.15, -0.1) is 0 Å². The molecule has 1 radical (unpaired) electrons. The molecule has 1 heteroatoms.